The fourth-order valence-electron chi connectivity index (χ4n) is 4.39. The van der Waals surface area contributed by atoms with Gasteiger partial charge in [-0.1, -0.05) is 50.2 Å². The Labute approximate surface area is 216 Å². The van der Waals surface area contributed by atoms with E-state index < -0.39 is 39.7 Å². The number of nitrogens with one attached hydrogen (secondary N) is 2. The third-order valence-electron chi connectivity index (χ3n) is 6.30. The first kappa shape index (κ1) is 26.6. The van der Waals surface area contributed by atoms with Crippen LogP contribution < -0.4 is 10.6 Å². The van der Waals surface area contributed by atoms with Crippen LogP contribution in [-0.2, 0) is 19.6 Å². The Kier molecular flexibility index (Phi) is 8.09. The van der Waals surface area contributed by atoms with Gasteiger partial charge in [-0.05, 0) is 49.4 Å². The maximum atomic E-state index is 13.2. The summed E-state index contributed by atoms with van der Waals surface area (Å²) in [5.74, 6) is -1.23. The van der Waals surface area contributed by atoms with E-state index in [-0.39, 0.29) is 29.7 Å². The SMILES string of the molecule is CC(C)C[C@@H](NC(=O)c1cc2ccccc2o1)C(=O)N[C@@H]1CCCN(S(=O)(=O)c2ccccc2)CC1=O. The molecule has 196 valence electrons. The lowest BCUT2D eigenvalue weighted by Gasteiger charge is -2.23. The number of ketones is 1. The molecule has 2 heterocycles. The minimum absolute atomic E-state index is 0.0862. The minimum atomic E-state index is -3.83. The molecule has 0 saturated carbocycles. The molecule has 0 spiro atoms. The van der Waals surface area contributed by atoms with Crippen molar-refractivity contribution < 1.29 is 27.2 Å². The molecule has 0 unspecified atom stereocenters. The quantitative estimate of drug-likeness (QED) is 0.466. The van der Waals surface area contributed by atoms with Crippen LogP contribution in [0.1, 0.15) is 43.7 Å². The minimum Gasteiger partial charge on any atom is -0.451 e. The molecule has 2 amide bonds. The number of para-hydroxylation sites is 1. The zero-order valence-electron chi connectivity index (χ0n) is 20.8. The monoisotopic (exact) mass is 525 g/mol. The molecule has 2 N–H and O–H groups in total. The number of furan rings is 1. The van der Waals surface area contributed by atoms with Crippen molar-refractivity contribution in [1.82, 2.24) is 14.9 Å². The van der Waals surface area contributed by atoms with Gasteiger partial charge in [0.25, 0.3) is 5.91 Å². The molecule has 0 bridgehead atoms. The first-order chi connectivity index (χ1) is 17.6. The van der Waals surface area contributed by atoms with Crippen LogP contribution in [-0.4, -0.2) is 55.5 Å². The largest absolute Gasteiger partial charge is 0.451 e. The summed E-state index contributed by atoms with van der Waals surface area (Å²) < 4.78 is 32.8. The number of amides is 2. The van der Waals surface area contributed by atoms with Gasteiger partial charge in [-0.2, -0.15) is 4.31 Å². The maximum Gasteiger partial charge on any atom is 0.287 e. The highest BCUT2D eigenvalue weighted by Crippen LogP contribution is 2.21. The number of carbonyl (C=O) groups is 3. The molecule has 0 radical (unpaired) electrons. The van der Waals surface area contributed by atoms with Gasteiger partial charge in [-0.15, -0.1) is 0 Å². The molecule has 1 aliphatic rings. The highest BCUT2D eigenvalue weighted by molar-refractivity contribution is 7.89. The van der Waals surface area contributed by atoms with Gasteiger partial charge < -0.3 is 15.1 Å². The van der Waals surface area contributed by atoms with Crippen LogP contribution in [0.2, 0.25) is 0 Å². The van der Waals surface area contributed by atoms with E-state index >= 15 is 0 Å². The van der Waals surface area contributed by atoms with Crippen LogP contribution in [0.3, 0.4) is 0 Å². The van der Waals surface area contributed by atoms with Crippen molar-refractivity contribution in [3.63, 3.8) is 0 Å². The Morgan fingerprint density at radius 3 is 2.49 bits per heavy atom. The molecule has 9 nitrogen and oxygen atoms in total. The summed E-state index contributed by atoms with van der Waals surface area (Å²) in [5.41, 5.74) is 0.566. The van der Waals surface area contributed by atoms with E-state index in [1.807, 2.05) is 26.0 Å². The van der Waals surface area contributed by atoms with Crippen molar-refractivity contribution >= 4 is 38.6 Å². The molecule has 10 heteroatoms. The normalized spacial score (nSPS) is 17.9. The lowest BCUT2D eigenvalue weighted by Crippen LogP contribution is -2.52. The van der Waals surface area contributed by atoms with Crippen molar-refractivity contribution in [1.29, 1.82) is 0 Å². The molecule has 3 aromatic rings. The number of rotatable bonds is 8. The molecule has 37 heavy (non-hydrogen) atoms. The third kappa shape index (κ3) is 6.26. The number of hydrogen-bond donors (Lipinski definition) is 2. The topological polar surface area (TPSA) is 126 Å². The van der Waals surface area contributed by atoms with Crippen molar-refractivity contribution in [2.75, 3.05) is 13.1 Å². The summed E-state index contributed by atoms with van der Waals surface area (Å²) in [7, 11) is -3.83. The second-order valence-corrected chi connectivity index (χ2v) is 11.6. The van der Waals surface area contributed by atoms with Crippen molar-refractivity contribution in [3.8, 4) is 0 Å². The molecule has 0 aliphatic carbocycles. The number of benzene rings is 2. The predicted octanol–water partition coefficient (Wildman–Crippen LogP) is 3.12. The lowest BCUT2D eigenvalue weighted by atomic mass is 10.0. The van der Waals surface area contributed by atoms with Crippen LogP contribution in [0.25, 0.3) is 11.0 Å². The molecule has 1 aliphatic heterocycles. The first-order valence-corrected chi connectivity index (χ1v) is 13.8. The van der Waals surface area contributed by atoms with E-state index in [0.29, 0.717) is 24.8 Å². The van der Waals surface area contributed by atoms with Gasteiger partial charge in [-0.3, -0.25) is 14.4 Å². The van der Waals surface area contributed by atoms with Crippen molar-refractivity contribution in [2.45, 2.75) is 50.1 Å². The number of nitrogens with zero attached hydrogens (tertiary/aromatic N) is 1. The number of hydrogen-bond acceptors (Lipinski definition) is 6. The van der Waals surface area contributed by atoms with Gasteiger partial charge in [0, 0.05) is 11.9 Å². The standard InChI is InChI=1S/C27H31N3O6S/c1-18(2)15-22(29-27(33)25-16-19-9-6-7-13-24(19)36-25)26(32)28-21-12-8-14-30(17-23(21)31)37(34,35)20-10-4-3-5-11-20/h3-7,9-11,13,16,18,21-22H,8,12,14-15,17H2,1-2H3,(H,28,32)(H,29,33)/t21-,22-/m1/s1. The molecule has 1 aromatic heterocycles. The third-order valence-corrected chi connectivity index (χ3v) is 8.16. The Bertz CT molecular complexity index is 1350. The molecule has 1 saturated heterocycles. The molecular formula is C27H31N3O6S. The van der Waals surface area contributed by atoms with E-state index in [9.17, 15) is 22.8 Å². The van der Waals surface area contributed by atoms with E-state index in [1.54, 1.807) is 36.4 Å². The Hall–Kier alpha value is -3.50. The van der Waals surface area contributed by atoms with Crippen molar-refractivity contribution in [2.24, 2.45) is 5.92 Å². The fourth-order valence-corrected chi connectivity index (χ4v) is 5.86. The first-order valence-electron chi connectivity index (χ1n) is 12.3. The molecule has 4 rings (SSSR count). The number of sulfonamides is 1. The summed E-state index contributed by atoms with van der Waals surface area (Å²) in [5, 5.41) is 6.27. The molecular weight excluding hydrogens is 494 g/mol. The zero-order valence-corrected chi connectivity index (χ0v) is 21.7. The second kappa shape index (κ2) is 11.3. The smallest absolute Gasteiger partial charge is 0.287 e. The molecule has 2 atom stereocenters. The second-order valence-electron chi connectivity index (χ2n) is 9.63. The predicted molar refractivity (Wildman–Crippen MR) is 138 cm³/mol. The van der Waals surface area contributed by atoms with Crippen LogP contribution >= 0.6 is 0 Å². The van der Waals surface area contributed by atoms with Crippen LogP contribution in [0.15, 0.2) is 70.0 Å². The van der Waals surface area contributed by atoms with Crippen LogP contribution in [0, 0.1) is 5.92 Å². The van der Waals surface area contributed by atoms with E-state index in [2.05, 4.69) is 10.6 Å². The number of fused-ring (bicyclic) bond motifs is 1. The number of carbonyl (C=O) groups excluding carboxylic acids is 3. The zero-order chi connectivity index (χ0) is 26.6. The van der Waals surface area contributed by atoms with Gasteiger partial charge >= 0.3 is 0 Å². The summed E-state index contributed by atoms with van der Waals surface area (Å²) in [4.78, 5) is 39.2. The van der Waals surface area contributed by atoms with E-state index in [1.165, 1.54) is 12.1 Å². The van der Waals surface area contributed by atoms with E-state index in [4.69, 9.17) is 4.42 Å². The summed E-state index contributed by atoms with van der Waals surface area (Å²) >= 11 is 0. The van der Waals surface area contributed by atoms with Gasteiger partial charge in [0.2, 0.25) is 15.9 Å². The van der Waals surface area contributed by atoms with Gasteiger partial charge in [0.05, 0.1) is 17.5 Å². The summed E-state index contributed by atoms with van der Waals surface area (Å²) in [6.45, 7) is 3.70. The average molecular weight is 526 g/mol. The Morgan fingerprint density at radius 1 is 1.08 bits per heavy atom. The average Bonchev–Trinajstić information content (AvgIpc) is 3.23. The Morgan fingerprint density at radius 2 is 1.78 bits per heavy atom. The van der Waals surface area contributed by atoms with Gasteiger partial charge in [-0.25, -0.2) is 8.42 Å². The lowest BCUT2D eigenvalue weighted by molar-refractivity contribution is -0.129. The highest BCUT2D eigenvalue weighted by Gasteiger charge is 2.34. The highest BCUT2D eigenvalue weighted by atomic mass is 32.2. The maximum absolute atomic E-state index is 13.2. The summed E-state index contributed by atoms with van der Waals surface area (Å²) in [6, 6.07) is 15.1. The molecule has 2 aromatic carbocycles. The molecule has 1 fully saturated rings. The number of Topliss-reactive ketones (excluding diaryl/α,β-unsaturated/α-hetero) is 1. The van der Waals surface area contributed by atoms with E-state index in [0.717, 1.165) is 9.69 Å². The fraction of sp³-hybridized carbons (Fsp3) is 0.370. The van der Waals surface area contributed by atoms with Crippen LogP contribution in [0.5, 0.6) is 0 Å². The van der Waals surface area contributed by atoms with Gasteiger partial charge in [0.1, 0.15) is 11.6 Å². The van der Waals surface area contributed by atoms with Crippen molar-refractivity contribution in [3.05, 3.63) is 66.4 Å². The van der Waals surface area contributed by atoms with Crippen LogP contribution in [0.4, 0.5) is 0 Å². The summed E-state index contributed by atoms with van der Waals surface area (Å²) in [6.07, 6.45) is 1.06. The Balaban J connectivity index is 1.44. The van der Waals surface area contributed by atoms with Gasteiger partial charge in [0.15, 0.2) is 11.5 Å².